The van der Waals surface area contributed by atoms with Gasteiger partial charge in [0.05, 0.1) is 14.8 Å². The number of hydrogen-bond donors (Lipinski definition) is 0. The monoisotopic (exact) mass is 393 g/mol. The van der Waals surface area contributed by atoms with Crippen molar-refractivity contribution in [3.05, 3.63) is 64.0 Å². The maximum Gasteiger partial charge on any atom is 0.147 e. The number of allylic oxidation sites excluding steroid dienone is 2. The van der Waals surface area contributed by atoms with Gasteiger partial charge in [0.1, 0.15) is 12.2 Å². The number of benzene rings is 1. The molecule has 1 aromatic rings. The molecule has 0 bridgehead atoms. The first kappa shape index (κ1) is 21.2. The molecule has 3 rings (SSSR count). The molecule has 0 amide bonds. The smallest absolute Gasteiger partial charge is 0.147 e. The van der Waals surface area contributed by atoms with Crippen molar-refractivity contribution in [2.45, 2.75) is 84.9 Å². The van der Waals surface area contributed by atoms with Crippen molar-refractivity contribution in [2.75, 3.05) is 0 Å². The molecule has 0 spiro atoms. The van der Waals surface area contributed by atoms with Crippen molar-refractivity contribution in [3.8, 4) is 0 Å². The fraction of sp³-hybridized carbons (Fsp3) is 0.538. The van der Waals surface area contributed by atoms with Crippen LogP contribution in [0, 0.1) is 18.9 Å². The van der Waals surface area contributed by atoms with Crippen molar-refractivity contribution >= 4 is 14.8 Å². The maximum atomic E-state index is 4.38. The van der Waals surface area contributed by atoms with E-state index in [1.807, 2.05) is 0 Å². The molecule has 1 fully saturated rings. The van der Waals surface area contributed by atoms with Gasteiger partial charge >= 0.3 is 0 Å². The van der Waals surface area contributed by atoms with Gasteiger partial charge in [0.2, 0.25) is 0 Å². The first-order chi connectivity index (χ1) is 13.2. The van der Waals surface area contributed by atoms with Gasteiger partial charge in [-0.3, -0.25) is 4.58 Å². The standard InChI is InChI=1S/C26H39NSi/c1-19(2)15-23-17-25(27(4)18-26(23)28(5,6)7)24-14-13-22(16-20(24)3)21-11-9-8-10-12-21/h13-14,16-19,21H,4,8-12,15H2,1-3,5-7H3. The number of hydrogen-bond acceptors (Lipinski definition) is 0. The van der Waals surface area contributed by atoms with Gasteiger partial charge in [0.25, 0.3) is 0 Å². The summed E-state index contributed by atoms with van der Waals surface area (Å²) in [6.07, 6.45) is 12.8. The second kappa shape index (κ2) is 8.45. The Bertz CT molecular complexity index is 785. The van der Waals surface area contributed by atoms with Crippen LogP contribution in [0.2, 0.25) is 19.6 Å². The third kappa shape index (κ3) is 4.71. The lowest BCUT2D eigenvalue weighted by molar-refractivity contribution is -0.418. The zero-order valence-electron chi connectivity index (χ0n) is 18.9. The summed E-state index contributed by atoms with van der Waals surface area (Å²) in [7, 11) is -1.41. The van der Waals surface area contributed by atoms with E-state index in [0.29, 0.717) is 5.92 Å². The molecule has 2 heteroatoms. The third-order valence-corrected chi connectivity index (χ3v) is 8.36. The van der Waals surface area contributed by atoms with Gasteiger partial charge in [-0.15, -0.1) is 6.07 Å². The first-order valence-corrected chi connectivity index (χ1v) is 14.7. The Balaban J connectivity index is 1.93. The van der Waals surface area contributed by atoms with Crippen LogP contribution in [0.3, 0.4) is 0 Å². The van der Waals surface area contributed by atoms with Gasteiger partial charge < -0.3 is 0 Å². The SMILES string of the molecule is C=[N+]1C=C([Si](C)(C)C)C(CC(C)C)=C[C-]1c1ccc(C2CCCCC2)cc1C. The summed E-state index contributed by atoms with van der Waals surface area (Å²) in [5.74, 6) is 1.43. The summed E-state index contributed by atoms with van der Waals surface area (Å²) in [6.45, 7) is 18.6. The van der Waals surface area contributed by atoms with Gasteiger partial charge in [-0.25, -0.2) is 0 Å². The van der Waals surface area contributed by atoms with Crippen LogP contribution in [-0.2, 0) is 0 Å². The Morgan fingerprint density at radius 1 is 1.14 bits per heavy atom. The zero-order chi connectivity index (χ0) is 20.5. The Labute approximate surface area is 174 Å². The summed E-state index contributed by atoms with van der Waals surface area (Å²) in [5.41, 5.74) is 5.79. The fourth-order valence-electron chi connectivity index (χ4n) is 4.81. The van der Waals surface area contributed by atoms with E-state index in [4.69, 9.17) is 0 Å². The van der Waals surface area contributed by atoms with E-state index in [2.05, 4.69) is 82.2 Å². The largest absolute Gasteiger partial charge is 0.255 e. The molecule has 0 radical (unpaired) electrons. The molecule has 2 aliphatic rings. The predicted molar refractivity (Wildman–Crippen MR) is 126 cm³/mol. The highest BCUT2D eigenvalue weighted by atomic mass is 28.3. The highest BCUT2D eigenvalue weighted by Crippen LogP contribution is 2.38. The molecule has 28 heavy (non-hydrogen) atoms. The lowest BCUT2D eigenvalue weighted by atomic mass is 9.82. The summed E-state index contributed by atoms with van der Waals surface area (Å²) in [5, 5.41) is 1.55. The van der Waals surface area contributed by atoms with Crippen LogP contribution in [0.5, 0.6) is 0 Å². The second-order valence-corrected chi connectivity index (χ2v) is 15.4. The minimum absolute atomic E-state index is 0.665. The molecule has 0 unspecified atom stereocenters. The van der Waals surface area contributed by atoms with E-state index in [9.17, 15) is 0 Å². The molecular weight excluding hydrogens is 354 g/mol. The Morgan fingerprint density at radius 2 is 1.82 bits per heavy atom. The van der Waals surface area contributed by atoms with E-state index in [-0.39, 0.29) is 0 Å². The highest BCUT2D eigenvalue weighted by Gasteiger charge is 2.29. The first-order valence-electron chi connectivity index (χ1n) is 11.2. The van der Waals surface area contributed by atoms with Gasteiger partial charge in [-0.05, 0) is 47.9 Å². The Hall–Kier alpha value is -1.54. The molecule has 1 aromatic carbocycles. The minimum atomic E-state index is -1.41. The molecule has 0 atom stereocenters. The Kier molecular flexibility index (Phi) is 6.39. The van der Waals surface area contributed by atoms with E-state index in [0.717, 1.165) is 12.3 Å². The minimum Gasteiger partial charge on any atom is -0.255 e. The van der Waals surface area contributed by atoms with Crippen molar-refractivity contribution in [1.82, 2.24) is 0 Å². The maximum absolute atomic E-state index is 4.38. The molecule has 1 aliphatic carbocycles. The molecule has 1 heterocycles. The van der Waals surface area contributed by atoms with Crippen LogP contribution in [0.15, 0.2) is 41.2 Å². The molecular formula is C26H39NSi. The average Bonchev–Trinajstić information content (AvgIpc) is 2.62. The fourth-order valence-corrected chi connectivity index (χ4v) is 6.50. The van der Waals surface area contributed by atoms with Crippen LogP contribution in [0.1, 0.15) is 75.0 Å². The van der Waals surface area contributed by atoms with E-state index >= 15 is 0 Å². The molecule has 1 saturated carbocycles. The highest BCUT2D eigenvalue weighted by molar-refractivity contribution is 6.84. The average molecular weight is 394 g/mol. The summed E-state index contributed by atoms with van der Waals surface area (Å²) < 4.78 is 2.13. The van der Waals surface area contributed by atoms with Crippen molar-refractivity contribution < 1.29 is 4.58 Å². The lowest BCUT2D eigenvalue weighted by Gasteiger charge is -2.32. The van der Waals surface area contributed by atoms with Crippen LogP contribution in [0.4, 0.5) is 0 Å². The van der Waals surface area contributed by atoms with Crippen LogP contribution in [0.25, 0.3) is 0 Å². The third-order valence-electron chi connectivity index (χ3n) is 6.29. The number of nitrogens with zero attached hydrogens (tertiary/aromatic N) is 1. The van der Waals surface area contributed by atoms with Crippen LogP contribution < -0.4 is 0 Å². The summed E-state index contributed by atoms with van der Waals surface area (Å²) in [4.78, 5) is 0. The topological polar surface area (TPSA) is 3.01 Å². The normalized spacial score (nSPS) is 19.1. The van der Waals surface area contributed by atoms with Gasteiger partial charge in [-0.2, -0.15) is 0 Å². The van der Waals surface area contributed by atoms with Crippen molar-refractivity contribution in [1.29, 1.82) is 0 Å². The molecule has 1 nitrogen and oxygen atoms in total. The number of rotatable bonds is 5. The molecule has 1 aliphatic heterocycles. The van der Waals surface area contributed by atoms with Gasteiger partial charge in [0, 0.05) is 0 Å². The molecule has 0 N–H and O–H groups in total. The van der Waals surface area contributed by atoms with E-state index in [1.54, 1.807) is 5.20 Å². The van der Waals surface area contributed by atoms with Crippen molar-refractivity contribution in [3.63, 3.8) is 0 Å². The van der Waals surface area contributed by atoms with Gasteiger partial charge in [0.15, 0.2) is 0 Å². The Morgan fingerprint density at radius 3 is 2.39 bits per heavy atom. The summed E-state index contributed by atoms with van der Waals surface area (Å²) in [6, 6.07) is 8.43. The lowest BCUT2D eigenvalue weighted by Crippen LogP contribution is -2.31. The van der Waals surface area contributed by atoms with Crippen molar-refractivity contribution in [2.24, 2.45) is 5.92 Å². The second-order valence-electron chi connectivity index (χ2n) is 10.3. The predicted octanol–water partition coefficient (Wildman–Crippen LogP) is 7.38. The molecule has 0 aromatic heterocycles. The van der Waals surface area contributed by atoms with Crippen LogP contribution in [-0.4, -0.2) is 19.4 Å². The number of aryl methyl sites for hydroxylation is 1. The quantitative estimate of drug-likeness (QED) is 0.279. The zero-order valence-corrected chi connectivity index (χ0v) is 19.9. The summed E-state index contributed by atoms with van der Waals surface area (Å²) >= 11 is 0. The molecule has 0 saturated heterocycles. The van der Waals surface area contributed by atoms with Crippen LogP contribution >= 0.6 is 0 Å². The molecule has 152 valence electrons. The van der Waals surface area contributed by atoms with E-state index in [1.165, 1.54) is 60.4 Å². The van der Waals surface area contributed by atoms with Gasteiger partial charge in [-0.1, -0.05) is 88.5 Å². The van der Waals surface area contributed by atoms with E-state index < -0.39 is 8.07 Å².